The summed E-state index contributed by atoms with van der Waals surface area (Å²) in [7, 11) is 0. The second kappa shape index (κ2) is 10.2. The molecule has 1 saturated heterocycles. The van der Waals surface area contributed by atoms with E-state index < -0.39 is 0 Å². The van der Waals surface area contributed by atoms with E-state index in [1.807, 2.05) is 6.07 Å². The summed E-state index contributed by atoms with van der Waals surface area (Å²) in [5.41, 5.74) is 0.0586. The number of hydrogen-bond donors (Lipinski definition) is 4. The van der Waals surface area contributed by atoms with Gasteiger partial charge in [-0.3, -0.25) is 9.69 Å². The predicted molar refractivity (Wildman–Crippen MR) is 75.7 cm³/mol. The first-order valence-electron chi connectivity index (χ1n) is 6.93. The molecule has 7 nitrogen and oxygen atoms in total. The molecular weight excluding hydrogens is 258 g/mol. The monoisotopic (exact) mass is 281 g/mol. The van der Waals surface area contributed by atoms with Crippen LogP contribution < -0.4 is 16.0 Å². The molecule has 1 aliphatic heterocycles. The number of nitrogens with one attached hydrogen (secondary N) is 3. The Kier molecular flexibility index (Phi) is 8.38. The maximum absolute atomic E-state index is 11.8. The number of carbonyl (C=O) groups excluding carboxylic acids is 1. The van der Waals surface area contributed by atoms with Gasteiger partial charge in [-0.05, 0) is 6.42 Å². The molecule has 1 fully saturated rings. The SMILES string of the molecule is N#C/C(=C/NCCCO)C(=O)NCCN1CCNCC1. The second-order valence-electron chi connectivity index (χ2n) is 4.55. The van der Waals surface area contributed by atoms with Crippen LogP contribution in [0.5, 0.6) is 0 Å². The normalized spacial score (nSPS) is 16.5. The van der Waals surface area contributed by atoms with Gasteiger partial charge in [0.15, 0.2) is 0 Å². The minimum Gasteiger partial charge on any atom is -0.396 e. The van der Waals surface area contributed by atoms with Crippen molar-refractivity contribution in [3.05, 3.63) is 11.8 Å². The molecule has 0 saturated carbocycles. The third kappa shape index (κ3) is 6.52. The Bertz CT molecular complexity index is 358. The third-order valence-electron chi connectivity index (χ3n) is 3.01. The zero-order valence-corrected chi connectivity index (χ0v) is 11.7. The Balaban J connectivity index is 2.23. The van der Waals surface area contributed by atoms with Gasteiger partial charge in [0.05, 0.1) is 0 Å². The standard InChI is InChI=1S/C13H23N5O2/c14-10-12(11-16-2-1-9-19)13(20)17-5-8-18-6-3-15-4-7-18/h11,15-16,19H,1-9H2,(H,17,20)/b12-11-. The van der Waals surface area contributed by atoms with E-state index in [0.717, 1.165) is 32.7 Å². The van der Waals surface area contributed by atoms with Crippen molar-refractivity contribution >= 4 is 5.91 Å². The fourth-order valence-corrected chi connectivity index (χ4v) is 1.86. The van der Waals surface area contributed by atoms with Crippen molar-refractivity contribution in [2.45, 2.75) is 6.42 Å². The fourth-order valence-electron chi connectivity index (χ4n) is 1.86. The summed E-state index contributed by atoms with van der Waals surface area (Å²) in [6, 6.07) is 1.87. The van der Waals surface area contributed by atoms with E-state index in [-0.39, 0.29) is 18.1 Å². The van der Waals surface area contributed by atoms with Crippen LogP contribution in [-0.4, -0.2) is 68.3 Å². The van der Waals surface area contributed by atoms with Crippen molar-refractivity contribution in [2.24, 2.45) is 0 Å². The Morgan fingerprint density at radius 3 is 2.80 bits per heavy atom. The van der Waals surface area contributed by atoms with Crippen LogP contribution >= 0.6 is 0 Å². The molecule has 7 heteroatoms. The van der Waals surface area contributed by atoms with Crippen LogP contribution in [0.4, 0.5) is 0 Å². The summed E-state index contributed by atoms with van der Waals surface area (Å²) in [4.78, 5) is 14.0. The first-order chi connectivity index (χ1) is 9.77. The molecule has 0 radical (unpaired) electrons. The van der Waals surface area contributed by atoms with Crippen molar-refractivity contribution < 1.29 is 9.90 Å². The minimum absolute atomic E-state index is 0.0586. The molecular formula is C13H23N5O2. The van der Waals surface area contributed by atoms with Crippen LogP contribution in [0.25, 0.3) is 0 Å². The number of amides is 1. The number of nitriles is 1. The molecule has 0 aromatic rings. The number of aliphatic hydroxyl groups is 1. The Labute approximate surface area is 119 Å². The van der Waals surface area contributed by atoms with Gasteiger partial charge in [0.2, 0.25) is 0 Å². The van der Waals surface area contributed by atoms with Crippen molar-refractivity contribution in [3.8, 4) is 6.07 Å². The van der Waals surface area contributed by atoms with E-state index in [1.54, 1.807) is 0 Å². The van der Waals surface area contributed by atoms with Crippen LogP contribution in [-0.2, 0) is 4.79 Å². The average Bonchev–Trinajstić information content (AvgIpc) is 2.48. The molecule has 1 aliphatic rings. The van der Waals surface area contributed by atoms with Crippen LogP contribution in [0.2, 0.25) is 0 Å². The lowest BCUT2D eigenvalue weighted by Gasteiger charge is -2.27. The van der Waals surface area contributed by atoms with E-state index in [0.29, 0.717) is 19.5 Å². The maximum atomic E-state index is 11.8. The van der Waals surface area contributed by atoms with Crippen LogP contribution in [0.1, 0.15) is 6.42 Å². The number of aliphatic hydroxyl groups excluding tert-OH is 1. The lowest BCUT2D eigenvalue weighted by Crippen LogP contribution is -2.46. The molecule has 112 valence electrons. The van der Waals surface area contributed by atoms with E-state index in [4.69, 9.17) is 10.4 Å². The van der Waals surface area contributed by atoms with Gasteiger partial charge in [0.1, 0.15) is 11.6 Å². The van der Waals surface area contributed by atoms with Crippen molar-refractivity contribution in [1.29, 1.82) is 5.26 Å². The molecule has 20 heavy (non-hydrogen) atoms. The van der Waals surface area contributed by atoms with Crippen molar-refractivity contribution in [2.75, 3.05) is 52.4 Å². The van der Waals surface area contributed by atoms with Crippen molar-refractivity contribution in [1.82, 2.24) is 20.9 Å². The molecule has 0 aromatic heterocycles. The molecule has 1 rings (SSSR count). The zero-order chi connectivity index (χ0) is 14.6. The highest BCUT2D eigenvalue weighted by Gasteiger charge is 2.11. The first-order valence-corrected chi connectivity index (χ1v) is 6.93. The molecule has 1 heterocycles. The van der Waals surface area contributed by atoms with Gasteiger partial charge in [0, 0.05) is 58.6 Å². The number of hydrogen-bond acceptors (Lipinski definition) is 6. The molecule has 0 unspecified atom stereocenters. The summed E-state index contributed by atoms with van der Waals surface area (Å²) in [5.74, 6) is -0.362. The topological polar surface area (TPSA) is 100 Å². The summed E-state index contributed by atoms with van der Waals surface area (Å²) >= 11 is 0. The fraction of sp³-hybridized carbons (Fsp3) is 0.692. The Morgan fingerprint density at radius 1 is 1.40 bits per heavy atom. The van der Waals surface area contributed by atoms with Gasteiger partial charge in [-0.2, -0.15) is 5.26 Å². The van der Waals surface area contributed by atoms with Crippen molar-refractivity contribution in [3.63, 3.8) is 0 Å². The Morgan fingerprint density at radius 2 is 2.15 bits per heavy atom. The van der Waals surface area contributed by atoms with Crippen LogP contribution in [0, 0.1) is 11.3 Å². The minimum atomic E-state index is -0.362. The van der Waals surface area contributed by atoms with E-state index in [1.165, 1.54) is 6.20 Å². The van der Waals surface area contributed by atoms with Crippen LogP contribution in [0.3, 0.4) is 0 Å². The van der Waals surface area contributed by atoms with Gasteiger partial charge in [-0.15, -0.1) is 0 Å². The van der Waals surface area contributed by atoms with Gasteiger partial charge >= 0.3 is 0 Å². The number of carbonyl (C=O) groups is 1. The smallest absolute Gasteiger partial charge is 0.263 e. The molecule has 0 bridgehead atoms. The molecule has 0 atom stereocenters. The molecule has 0 aliphatic carbocycles. The highest BCUT2D eigenvalue weighted by Crippen LogP contribution is 1.93. The highest BCUT2D eigenvalue weighted by atomic mass is 16.3. The molecule has 0 aromatic carbocycles. The van der Waals surface area contributed by atoms with E-state index >= 15 is 0 Å². The average molecular weight is 281 g/mol. The number of rotatable bonds is 8. The quantitative estimate of drug-likeness (QED) is 0.243. The largest absolute Gasteiger partial charge is 0.396 e. The third-order valence-corrected chi connectivity index (χ3v) is 3.01. The van der Waals surface area contributed by atoms with E-state index in [2.05, 4.69) is 20.9 Å². The molecule has 0 spiro atoms. The first kappa shape index (κ1) is 16.4. The number of piperazine rings is 1. The van der Waals surface area contributed by atoms with E-state index in [9.17, 15) is 4.79 Å². The lowest BCUT2D eigenvalue weighted by atomic mass is 10.3. The Hall–Kier alpha value is -1.62. The summed E-state index contributed by atoms with van der Waals surface area (Å²) < 4.78 is 0. The lowest BCUT2D eigenvalue weighted by molar-refractivity contribution is -0.117. The van der Waals surface area contributed by atoms with Crippen LogP contribution in [0.15, 0.2) is 11.8 Å². The van der Waals surface area contributed by atoms with Gasteiger partial charge in [-0.25, -0.2) is 0 Å². The van der Waals surface area contributed by atoms with Gasteiger partial charge in [0.25, 0.3) is 5.91 Å². The van der Waals surface area contributed by atoms with Gasteiger partial charge in [-0.1, -0.05) is 0 Å². The maximum Gasteiger partial charge on any atom is 0.263 e. The highest BCUT2D eigenvalue weighted by molar-refractivity contribution is 5.97. The van der Waals surface area contributed by atoms with Gasteiger partial charge < -0.3 is 21.1 Å². The number of nitrogens with zero attached hydrogens (tertiary/aromatic N) is 2. The summed E-state index contributed by atoms with van der Waals surface area (Å²) in [5, 5.41) is 26.4. The predicted octanol–water partition coefficient (Wildman–Crippen LogP) is -1.61. The molecule has 1 amide bonds. The molecule has 4 N–H and O–H groups in total. The second-order valence-corrected chi connectivity index (χ2v) is 4.55. The zero-order valence-electron chi connectivity index (χ0n) is 11.7. The summed E-state index contributed by atoms with van der Waals surface area (Å²) in [6.07, 6.45) is 1.98. The summed E-state index contributed by atoms with van der Waals surface area (Å²) in [6.45, 7) is 5.88.